The van der Waals surface area contributed by atoms with E-state index in [2.05, 4.69) is 0 Å². The first-order valence-electron chi connectivity index (χ1n) is 33.4. The summed E-state index contributed by atoms with van der Waals surface area (Å²) in [6.07, 6.45) is -3.59. The van der Waals surface area contributed by atoms with Gasteiger partial charge in [-0.3, -0.25) is 0 Å². The van der Waals surface area contributed by atoms with E-state index in [9.17, 15) is 76.6 Å². The number of ether oxygens (including phenoxy) is 3. The van der Waals surface area contributed by atoms with E-state index >= 15 is 5.11 Å². The molecule has 103 heavy (non-hydrogen) atoms. The molecule has 12 aromatic carbocycles. The van der Waals surface area contributed by atoms with Gasteiger partial charge >= 0.3 is 0 Å². The zero-order chi connectivity index (χ0) is 71.1. The zero-order valence-electron chi connectivity index (χ0n) is 53.9. The van der Waals surface area contributed by atoms with Crippen LogP contribution in [0.1, 0.15) is 171 Å². The van der Waals surface area contributed by atoms with Crippen molar-refractivity contribution in [1.29, 1.82) is 0 Å². The van der Waals surface area contributed by atoms with Crippen molar-refractivity contribution in [3.63, 3.8) is 0 Å². The smallest absolute Gasteiger partial charge is 0.135 e. The van der Waals surface area contributed by atoms with Gasteiger partial charge in [-0.2, -0.15) is 0 Å². The minimum atomic E-state index is -2.22. The van der Waals surface area contributed by atoms with Crippen molar-refractivity contribution in [1.82, 2.24) is 0 Å². The predicted octanol–water partition coefficient (Wildman–Crippen LogP) is 15.0. The van der Waals surface area contributed by atoms with Crippen LogP contribution in [0.2, 0.25) is 0 Å². The lowest BCUT2D eigenvalue weighted by Crippen LogP contribution is -2.49. The van der Waals surface area contributed by atoms with Crippen molar-refractivity contribution < 1.29 is 95.9 Å². The van der Waals surface area contributed by atoms with Gasteiger partial charge in [0.1, 0.15) is 121 Å². The molecule has 12 aromatic rings. The number of phenols is 16. The number of phenolic OH excluding ortho intramolecular Hbond substituents is 16. The van der Waals surface area contributed by atoms with Crippen molar-refractivity contribution in [2.24, 2.45) is 0 Å². The Labute approximate surface area is 585 Å². The molecule has 0 amide bonds. The van der Waals surface area contributed by atoms with Crippen LogP contribution >= 0.6 is 0 Å². The maximum atomic E-state index is 15.4. The van der Waals surface area contributed by atoms with Crippen LogP contribution in [0.4, 0.5) is 0 Å². The van der Waals surface area contributed by atoms with E-state index in [4.69, 9.17) is 14.2 Å². The number of hydrogen-bond acceptors (Lipinski definition) is 19. The molecule has 16 N–H and O–H groups in total. The molecule has 6 aliphatic rings. The standard InChI is InChI=1S/C84H62O19/c85-43-13-1-36(2-14-43)63-67-55(28-51(93)32-59(67)97)71-76-74-73(63)64(37-3-15-44(86)16-4-37)70(56-29-53(95)35-62-69(56)66(41-25-49(91)27-50(92)26-41)80(101-62)39-7-19-46(88)20-8-39)75(74)79(100)77(83(76)102-81(71)40-9-21-47(89)22-10-40)78-68-57(30-52(94)33-60(68)98)82-65(38-5-17-45(87)18-6-38)72-58(31-54(96)34-61(72)99)84(78,103-82)42-11-23-48(90)24-12-42/h1-35,63-66,70-71,73,78,80-82,85-100H. The third kappa shape index (κ3) is 9.24. The summed E-state index contributed by atoms with van der Waals surface area (Å²) in [7, 11) is 0. The number of fused-ring (bicyclic) bond motifs is 9. The van der Waals surface area contributed by atoms with Crippen LogP contribution in [-0.2, 0) is 10.3 Å². The fraction of sp³-hybridized carbons (Fsp3) is 0.143. The predicted molar refractivity (Wildman–Crippen MR) is 372 cm³/mol. The van der Waals surface area contributed by atoms with Crippen LogP contribution in [0.3, 0.4) is 0 Å². The SMILES string of the molecule is Oc1ccc(C2Oc3cc(O)cc(C4c5c(O)c(C6c7c(O)cc(O)cc7C7OC6(c6ccc(O)cc6)c6cc(O)cc(O)c6C7c6ccc(O)cc6)c6c7c5C(C(c5ccc(O)cc5)c5c(O)cc(O)cc5C7C(c5ccc(O)cc5)O6)C4c4ccc(O)cc4)c3C2c2cc(O)cc(O)c2)cc1. The molecule has 0 spiro atoms. The van der Waals surface area contributed by atoms with Crippen LogP contribution in [-0.4, -0.2) is 81.7 Å². The van der Waals surface area contributed by atoms with Gasteiger partial charge in [-0.15, -0.1) is 0 Å². The van der Waals surface area contributed by atoms with E-state index in [1.54, 1.807) is 78.9 Å². The Morgan fingerprint density at radius 3 is 1.23 bits per heavy atom. The molecule has 4 aliphatic heterocycles. The molecule has 2 aliphatic carbocycles. The lowest BCUT2D eigenvalue weighted by molar-refractivity contribution is -0.118. The average Bonchev–Trinajstić information content (AvgIpc) is 1.61. The van der Waals surface area contributed by atoms with Crippen LogP contribution in [0, 0.1) is 0 Å². The van der Waals surface area contributed by atoms with E-state index in [-0.39, 0.29) is 119 Å². The van der Waals surface area contributed by atoms with Gasteiger partial charge in [0.05, 0.1) is 23.9 Å². The van der Waals surface area contributed by atoms with Crippen molar-refractivity contribution >= 4 is 0 Å². The Morgan fingerprint density at radius 1 is 0.252 bits per heavy atom. The molecule has 0 aromatic heterocycles. The van der Waals surface area contributed by atoms with Gasteiger partial charge in [0.25, 0.3) is 0 Å². The molecule has 18 rings (SSSR count). The van der Waals surface area contributed by atoms with Crippen LogP contribution in [0.25, 0.3) is 0 Å². The zero-order valence-corrected chi connectivity index (χ0v) is 53.9. The van der Waals surface area contributed by atoms with Gasteiger partial charge in [-0.05, 0) is 170 Å². The Morgan fingerprint density at radius 2 is 0.680 bits per heavy atom. The largest absolute Gasteiger partial charge is 0.508 e. The fourth-order valence-corrected chi connectivity index (χ4v) is 18.4. The van der Waals surface area contributed by atoms with E-state index < -0.39 is 100 Å². The number of aromatic hydroxyl groups is 16. The molecule has 0 saturated heterocycles. The number of hydrogen-bond donors (Lipinski definition) is 16. The molecule has 19 nitrogen and oxygen atoms in total. The minimum Gasteiger partial charge on any atom is -0.508 e. The summed E-state index contributed by atoms with van der Waals surface area (Å²) in [5.74, 6) is -14.0. The minimum absolute atomic E-state index is 0.0326. The molecule has 19 heteroatoms. The lowest BCUT2D eigenvalue weighted by atomic mass is 9.59. The Hall–Kier alpha value is -13.0. The highest BCUT2D eigenvalue weighted by Crippen LogP contribution is 2.77. The number of benzene rings is 12. The summed E-state index contributed by atoms with van der Waals surface area (Å²) in [5.41, 5.74) is 3.30. The van der Waals surface area contributed by atoms with E-state index in [0.29, 0.717) is 61.2 Å². The number of rotatable bonds is 9. The maximum Gasteiger partial charge on any atom is 0.135 e. The van der Waals surface area contributed by atoms with Crippen molar-refractivity contribution in [2.45, 2.75) is 71.3 Å². The summed E-state index contributed by atoms with van der Waals surface area (Å²) in [6.45, 7) is 0. The van der Waals surface area contributed by atoms with Crippen molar-refractivity contribution in [3.05, 3.63) is 318 Å². The van der Waals surface area contributed by atoms with Gasteiger partial charge in [0.15, 0.2) is 0 Å². The summed E-state index contributed by atoms with van der Waals surface area (Å²) in [5, 5.41) is 193. The van der Waals surface area contributed by atoms with Crippen molar-refractivity contribution in [2.75, 3.05) is 0 Å². The molecule has 12 unspecified atom stereocenters. The highest BCUT2D eigenvalue weighted by molar-refractivity contribution is 5.80. The fourth-order valence-electron chi connectivity index (χ4n) is 18.4. The molecular weight excluding hydrogens is 1310 g/mol. The van der Waals surface area contributed by atoms with Gasteiger partial charge in [0, 0.05) is 104 Å². The van der Waals surface area contributed by atoms with Gasteiger partial charge in [-0.25, -0.2) is 0 Å². The van der Waals surface area contributed by atoms with E-state index in [1.807, 2.05) is 0 Å². The summed E-state index contributed by atoms with van der Waals surface area (Å²) < 4.78 is 22.8. The first-order valence-corrected chi connectivity index (χ1v) is 33.4. The van der Waals surface area contributed by atoms with Crippen molar-refractivity contribution in [3.8, 4) is 103 Å². The van der Waals surface area contributed by atoms with Gasteiger partial charge < -0.3 is 95.9 Å². The van der Waals surface area contributed by atoms with E-state index in [0.717, 1.165) is 6.07 Å². The molecule has 4 heterocycles. The highest BCUT2D eigenvalue weighted by atomic mass is 16.5. The molecule has 2 bridgehead atoms. The summed E-state index contributed by atoms with van der Waals surface area (Å²) >= 11 is 0. The second-order valence-corrected chi connectivity index (χ2v) is 27.7. The normalized spacial score (nSPS) is 23.4. The first kappa shape index (κ1) is 62.3. The molecule has 12 atom stereocenters. The Bertz CT molecular complexity index is 5490. The first-order chi connectivity index (χ1) is 49.6. The maximum absolute atomic E-state index is 15.4. The molecular formula is C84H62O19. The van der Waals surface area contributed by atoms with Crippen LogP contribution in [0.5, 0.6) is 103 Å². The third-order valence-corrected chi connectivity index (χ3v) is 22.1. The second kappa shape index (κ2) is 22.5. The quantitative estimate of drug-likeness (QED) is 0.0638. The van der Waals surface area contributed by atoms with Crippen LogP contribution in [0.15, 0.2) is 212 Å². The molecule has 0 fully saturated rings. The van der Waals surface area contributed by atoms with Gasteiger partial charge in [-0.1, -0.05) is 72.8 Å². The Balaban J connectivity index is 1.05. The summed E-state index contributed by atoms with van der Waals surface area (Å²) in [4.78, 5) is 0. The molecule has 512 valence electrons. The monoisotopic (exact) mass is 1370 g/mol. The third-order valence-electron chi connectivity index (χ3n) is 22.1. The van der Waals surface area contributed by atoms with E-state index in [1.165, 1.54) is 127 Å². The van der Waals surface area contributed by atoms with Crippen LogP contribution < -0.4 is 9.47 Å². The highest BCUT2D eigenvalue weighted by Gasteiger charge is 2.64. The molecule has 0 radical (unpaired) electrons. The average molecular weight is 1380 g/mol. The second-order valence-electron chi connectivity index (χ2n) is 27.7. The Kier molecular flexibility index (Phi) is 13.6. The summed E-state index contributed by atoms with van der Waals surface area (Å²) in [6, 6.07) is 52.5. The van der Waals surface area contributed by atoms with Gasteiger partial charge in [0.2, 0.25) is 0 Å². The topological polar surface area (TPSA) is 351 Å². The lowest BCUT2D eigenvalue weighted by Gasteiger charge is -2.55. The molecule has 0 saturated carbocycles.